The minimum atomic E-state index is -0.303. The Kier molecular flexibility index (Phi) is 6.33. The Morgan fingerprint density at radius 3 is 2.43 bits per heavy atom. The second kappa shape index (κ2) is 9.30. The van der Waals surface area contributed by atoms with Crippen LogP contribution in [0.25, 0.3) is 0 Å². The molecule has 30 heavy (non-hydrogen) atoms. The van der Waals surface area contributed by atoms with Gasteiger partial charge in [-0.15, -0.1) is 0 Å². The molecule has 1 saturated heterocycles. The first kappa shape index (κ1) is 20.4. The predicted molar refractivity (Wildman–Crippen MR) is 115 cm³/mol. The van der Waals surface area contributed by atoms with Gasteiger partial charge >= 0.3 is 0 Å². The first-order valence-electron chi connectivity index (χ1n) is 10.6. The van der Waals surface area contributed by atoms with E-state index in [2.05, 4.69) is 10.2 Å². The molecule has 0 bridgehead atoms. The maximum atomic E-state index is 13.0. The molecule has 0 radical (unpaired) electrons. The lowest BCUT2D eigenvalue weighted by Gasteiger charge is -2.39. The number of rotatable bonds is 7. The Balaban J connectivity index is 1.38. The van der Waals surface area contributed by atoms with Crippen molar-refractivity contribution in [2.24, 2.45) is 0 Å². The van der Waals surface area contributed by atoms with Crippen molar-refractivity contribution in [1.29, 1.82) is 0 Å². The Morgan fingerprint density at radius 1 is 1.03 bits per heavy atom. The fraction of sp³-hybridized carbons (Fsp3) is 0.417. The molecule has 6 nitrogen and oxygen atoms in total. The maximum absolute atomic E-state index is 13.0. The first-order valence-corrected chi connectivity index (χ1v) is 10.6. The third-order valence-corrected chi connectivity index (χ3v) is 5.81. The van der Waals surface area contributed by atoms with Crippen LogP contribution in [0.1, 0.15) is 30.0 Å². The van der Waals surface area contributed by atoms with E-state index >= 15 is 0 Å². The van der Waals surface area contributed by atoms with Gasteiger partial charge in [-0.25, -0.2) is 0 Å². The van der Waals surface area contributed by atoms with Crippen LogP contribution in [0.3, 0.4) is 0 Å². The fourth-order valence-electron chi connectivity index (χ4n) is 3.97. The zero-order chi connectivity index (χ0) is 20.9. The van der Waals surface area contributed by atoms with Crippen LogP contribution in [0.5, 0.6) is 5.75 Å². The molecule has 1 aliphatic heterocycles. The van der Waals surface area contributed by atoms with Gasteiger partial charge in [0.2, 0.25) is 11.8 Å². The van der Waals surface area contributed by atoms with Crippen LogP contribution in [0.2, 0.25) is 0 Å². The van der Waals surface area contributed by atoms with Crippen molar-refractivity contribution in [2.75, 3.05) is 33.3 Å². The number of amides is 2. The lowest BCUT2D eigenvalue weighted by atomic mass is 10.0. The number of nitrogens with one attached hydrogen (secondary N) is 1. The lowest BCUT2D eigenvalue weighted by molar-refractivity contribution is -0.134. The number of carbonyl (C=O) groups is 2. The van der Waals surface area contributed by atoms with Gasteiger partial charge in [0.1, 0.15) is 11.8 Å². The lowest BCUT2D eigenvalue weighted by Crippen LogP contribution is -2.52. The summed E-state index contributed by atoms with van der Waals surface area (Å²) in [5.41, 5.74) is 1.96. The van der Waals surface area contributed by atoms with E-state index in [1.54, 1.807) is 7.11 Å². The van der Waals surface area contributed by atoms with Crippen molar-refractivity contribution in [3.05, 3.63) is 65.7 Å². The standard InChI is InChI=1S/C24H29N3O3/c1-30-21-9-5-6-18(16-21)17-22(28)26-12-14-27(15-13-26)23(19-7-3-2-4-8-19)24(29)25-20-10-11-20/h2-9,16,20,23H,10-15,17H2,1H3,(H,25,29). The third kappa shape index (κ3) is 5.00. The van der Waals surface area contributed by atoms with Crippen molar-refractivity contribution in [3.8, 4) is 5.75 Å². The summed E-state index contributed by atoms with van der Waals surface area (Å²) in [4.78, 5) is 29.9. The largest absolute Gasteiger partial charge is 0.497 e. The summed E-state index contributed by atoms with van der Waals surface area (Å²) in [6.07, 6.45) is 2.50. The SMILES string of the molecule is COc1cccc(CC(=O)N2CCN(C(C(=O)NC3CC3)c3ccccc3)CC2)c1. The highest BCUT2D eigenvalue weighted by Gasteiger charge is 2.34. The van der Waals surface area contributed by atoms with E-state index in [1.165, 1.54) is 0 Å². The van der Waals surface area contributed by atoms with Crippen LogP contribution < -0.4 is 10.1 Å². The molecule has 0 spiro atoms. The number of hydrogen-bond acceptors (Lipinski definition) is 4. The van der Waals surface area contributed by atoms with Gasteiger partial charge in [0, 0.05) is 32.2 Å². The van der Waals surface area contributed by atoms with Crippen LogP contribution in [-0.4, -0.2) is 60.9 Å². The quantitative estimate of drug-likeness (QED) is 0.766. The predicted octanol–water partition coefficient (Wildman–Crippen LogP) is 2.40. The topological polar surface area (TPSA) is 61.9 Å². The van der Waals surface area contributed by atoms with Gasteiger partial charge in [-0.2, -0.15) is 0 Å². The number of methoxy groups -OCH3 is 1. The van der Waals surface area contributed by atoms with Gasteiger partial charge in [-0.3, -0.25) is 14.5 Å². The normalized spacial score (nSPS) is 18.0. The van der Waals surface area contributed by atoms with Crippen molar-refractivity contribution >= 4 is 11.8 Å². The van der Waals surface area contributed by atoms with E-state index in [1.807, 2.05) is 59.5 Å². The molecule has 1 N–H and O–H groups in total. The molecule has 2 aromatic carbocycles. The van der Waals surface area contributed by atoms with Crippen LogP contribution >= 0.6 is 0 Å². The molecular weight excluding hydrogens is 378 g/mol. The summed E-state index contributed by atoms with van der Waals surface area (Å²) >= 11 is 0. The van der Waals surface area contributed by atoms with E-state index in [9.17, 15) is 9.59 Å². The average Bonchev–Trinajstić information content (AvgIpc) is 3.59. The molecule has 0 aromatic heterocycles. The zero-order valence-electron chi connectivity index (χ0n) is 17.4. The highest BCUT2D eigenvalue weighted by molar-refractivity contribution is 5.84. The van der Waals surface area contributed by atoms with Crippen molar-refractivity contribution < 1.29 is 14.3 Å². The number of piperazine rings is 1. The van der Waals surface area contributed by atoms with E-state index < -0.39 is 0 Å². The maximum Gasteiger partial charge on any atom is 0.242 e. The van der Waals surface area contributed by atoms with Crippen LogP contribution in [0.15, 0.2) is 54.6 Å². The Morgan fingerprint density at radius 2 is 1.77 bits per heavy atom. The minimum Gasteiger partial charge on any atom is -0.497 e. The Hall–Kier alpha value is -2.86. The molecule has 6 heteroatoms. The van der Waals surface area contributed by atoms with Gasteiger partial charge in [0.05, 0.1) is 13.5 Å². The summed E-state index contributed by atoms with van der Waals surface area (Å²) in [5.74, 6) is 0.943. The number of nitrogens with zero attached hydrogens (tertiary/aromatic N) is 2. The highest BCUT2D eigenvalue weighted by Crippen LogP contribution is 2.26. The molecule has 2 amide bonds. The summed E-state index contributed by atoms with van der Waals surface area (Å²) in [5, 5.41) is 3.15. The number of carbonyl (C=O) groups excluding carboxylic acids is 2. The van der Waals surface area contributed by atoms with Crippen molar-refractivity contribution in [2.45, 2.75) is 31.3 Å². The molecule has 2 fully saturated rings. The molecule has 158 valence electrons. The second-order valence-corrected chi connectivity index (χ2v) is 8.04. The molecule has 1 aliphatic carbocycles. The summed E-state index contributed by atoms with van der Waals surface area (Å²) in [6, 6.07) is 17.6. The molecule has 2 aromatic rings. The van der Waals surface area contributed by atoms with Gasteiger partial charge in [0.15, 0.2) is 0 Å². The second-order valence-electron chi connectivity index (χ2n) is 8.04. The molecule has 4 rings (SSSR count). The number of benzene rings is 2. The van der Waals surface area contributed by atoms with Crippen LogP contribution in [0, 0.1) is 0 Å². The minimum absolute atomic E-state index is 0.0693. The Labute approximate surface area is 177 Å². The molecule has 1 unspecified atom stereocenters. The van der Waals surface area contributed by atoms with E-state index in [0.717, 1.165) is 29.7 Å². The fourth-order valence-corrected chi connectivity index (χ4v) is 3.97. The summed E-state index contributed by atoms with van der Waals surface area (Å²) in [7, 11) is 1.63. The molecular formula is C24H29N3O3. The van der Waals surface area contributed by atoms with Crippen LogP contribution in [-0.2, 0) is 16.0 Å². The molecule has 1 atom stereocenters. The van der Waals surface area contributed by atoms with E-state index in [-0.39, 0.29) is 17.9 Å². The van der Waals surface area contributed by atoms with E-state index in [0.29, 0.717) is 38.6 Å². The highest BCUT2D eigenvalue weighted by atomic mass is 16.5. The van der Waals surface area contributed by atoms with Gasteiger partial charge in [-0.05, 0) is 36.1 Å². The average molecular weight is 408 g/mol. The number of hydrogen-bond donors (Lipinski definition) is 1. The number of ether oxygens (including phenoxy) is 1. The van der Waals surface area contributed by atoms with Gasteiger partial charge < -0.3 is 15.0 Å². The molecule has 1 saturated carbocycles. The summed E-state index contributed by atoms with van der Waals surface area (Å²) < 4.78 is 5.25. The molecule has 1 heterocycles. The van der Waals surface area contributed by atoms with Crippen molar-refractivity contribution in [3.63, 3.8) is 0 Å². The monoisotopic (exact) mass is 407 g/mol. The van der Waals surface area contributed by atoms with Crippen LogP contribution in [0.4, 0.5) is 0 Å². The van der Waals surface area contributed by atoms with Gasteiger partial charge in [0.25, 0.3) is 0 Å². The third-order valence-electron chi connectivity index (χ3n) is 5.81. The summed E-state index contributed by atoms with van der Waals surface area (Å²) in [6.45, 7) is 2.62. The van der Waals surface area contributed by atoms with Crippen molar-refractivity contribution in [1.82, 2.24) is 15.1 Å². The van der Waals surface area contributed by atoms with Gasteiger partial charge in [-0.1, -0.05) is 42.5 Å². The van der Waals surface area contributed by atoms with E-state index in [4.69, 9.17) is 4.74 Å². The molecule has 2 aliphatic rings. The smallest absolute Gasteiger partial charge is 0.242 e. The Bertz CT molecular complexity index is 874. The first-order chi connectivity index (χ1) is 14.6. The zero-order valence-corrected chi connectivity index (χ0v) is 17.4.